The topological polar surface area (TPSA) is 84.3 Å². The predicted octanol–water partition coefficient (Wildman–Crippen LogP) is 2.66. The predicted molar refractivity (Wildman–Crippen MR) is 67.5 cm³/mol. The second kappa shape index (κ2) is 5.48. The molecule has 0 aromatic heterocycles. The molecule has 0 radical (unpaired) electrons. The van der Waals surface area contributed by atoms with Crippen LogP contribution >= 0.6 is 0 Å². The molecule has 0 spiro atoms. The molecule has 2 amide bonds. The summed E-state index contributed by atoms with van der Waals surface area (Å²) in [5.41, 5.74) is 0.563. The summed E-state index contributed by atoms with van der Waals surface area (Å²) >= 11 is 0. The average Bonchev–Trinajstić information content (AvgIpc) is 2.82. The molecule has 1 aromatic rings. The van der Waals surface area contributed by atoms with Crippen LogP contribution in [0, 0.1) is 10.1 Å². The summed E-state index contributed by atoms with van der Waals surface area (Å²) in [6.45, 7) is 0. The molecular formula is C12H15N3O3. The molecule has 96 valence electrons. The fourth-order valence-electron chi connectivity index (χ4n) is 2.09. The molecule has 1 aliphatic carbocycles. The standard InChI is InChI=1S/C12H15N3O3/c16-12(13-9-3-1-2-4-9)14-10-5-7-11(8-6-10)15(17)18/h5-9H,1-4H2,(H2,13,14,16). The van der Waals surface area contributed by atoms with E-state index in [4.69, 9.17) is 0 Å². The van der Waals surface area contributed by atoms with Gasteiger partial charge in [0.25, 0.3) is 5.69 Å². The number of amides is 2. The van der Waals surface area contributed by atoms with Gasteiger partial charge in [-0.1, -0.05) is 12.8 Å². The smallest absolute Gasteiger partial charge is 0.319 e. The molecule has 1 aliphatic rings. The van der Waals surface area contributed by atoms with Crippen molar-refractivity contribution in [2.75, 3.05) is 5.32 Å². The maximum absolute atomic E-state index is 11.6. The van der Waals surface area contributed by atoms with Crippen molar-refractivity contribution in [1.82, 2.24) is 5.32 Å². The van der Waals surface area contributed by atoms with E-state index in [0.29, 0.717) is 5.69 Å². The molecule has 1 aromatic carbocycles. The summed E-state index contributed by atoms with van der Waals surface area (Å²) in [6.07, 6.45) is 4.35. The zero-order valence-corrected chi connectivity index (χ0v) is 9.89. The van der Waals surface area contributed by atoms with Gasteiger partial charge in [0.2, 0.25) is 0 Å². The molecule has 6 nitrogen and oxygen atoms in total. The quantitative estimate of drug-likeness (QED) is 0.638. The lowest BCUT2D eigenvalue weighted by Gasteiger charge is -2.12. The number of nitrogens with one attached hydrogen (secondary N) is 2. The SMILES string of the molecule is O=C(Nc1ccc([N+](=O)[O-])cc1)NC1CCCC1. The lowest BCUT2D eigenvalue weighted by atomic mass is 10.2. The number of benzene rings is 1. The zero-order chi connectivity index (χ0) is 13.0. The van der Waals surface area contributed by atoms with Crippen molar-refractivity contribution in [2.45, 2.75) is 31.7 Å². The normalized spacial score (nSPS) is 15.3. The second-order valence-electron chi connectivity index (χ2n) is 4.38. The molecule has 2 rings (SSSR count). The van der Waals surface area contributed by atoms with Crippen LogP contribution in [0.5, 0.6) is 0 Å². The summed E-state index contributed by atoms with van der Waals surface area (Å²) in [5, 5.41) is 16.0. The van der Waals surface area contributed by atoms with E-state index in [1.54, 1.807) is 0 Å². The minimum atomic E-state index is -0.470. The van der Waals surface area contributed by atoms with Crippen LogP contribution in [0.3, 0.4) is 0 Å². The number of anilines is 1. The van der Waals surface area contributed by atoms with Crippen molar-refractivity contribution in [3.8, 4) is 0 Å². The number of nitrogens with zero attached hydrogens (tertiary/aromatic N) is 1. The number of rotatable bonds is 3. The van der Waals surface area contributed by atoms with Crippen LogP contribution in [-0.2, 0) is 0 Å². The Hall–Kier alpha value is -2.11. The highest BCUT2D eigenvalue weighted by atomic mass is 16.6. The summed E-state index contributed by atoms with van der Waals surface area (Å²) < 4.78 is 0. The van der Waals surface area contributed by atoms with Gasteiger partial charge in [-0.05, 0) is 25.0 Å². The van der Waals surface area contributed by atoms with Crippen LogP contribution in [-0.4, -0.2) is 17.0 Å². The molecule has 0 heterocycles. The Morgan fingerprint density at radius 2 is 1.83 bits per heavy atom. The molecular weight excluding hydrogens is 234 g/mol. The molecule has 0 atom stereocenters. The number of nitro benzene ring substituents is 1. The van der Waals surface area contributed by atoms with E-state index < -0.39 is 4.92 Å². The first-order valence-corrected chi connectivity index (χ1v) is 5.97. The van der Waals surface area contributed by atoms with Gasteiger partial charge in [0.1, 0.15) is 0 Å². The number of carbonyl (C=O) groups is 1. The largest absolute Gasteiger partial charge is 0.335 e. The van der Waals surface area contributed by atoms with Crippen LogP contribution in [0.2, 0.25) is 0 Å². The summed E-state index contributed by atoms with van der Waals surface area (Å²) in [7, 11) is 0. The molecule has 0 unspecified atom stereocenters. The van der Waals surface area contributed by atoms with Crippen LogP contribution in [0.25, 0.3) is 0 Å². The van der Waals surface area contributed by atoms with Crippen molar-refractivity contribution in [3.05, 3.63) is 34.4 Å². The number of urea groups is 1. The first-order chi connectivity index (χ1) is 8.65. The van der Waals surface area contributed by atoms with Crippen molar-refractivity contribution in [3.63, 3.8) is 0 Å². The highest BCUT2D eigenvalue weighted by molar-refractivity contribution is 5.89. The highest BCUT2D eigenvalue weighted by Crippen LogP contribution is 2.18. The van der Waals surface area contributed by atoms with Crippen molar-refractivity contribution in [2.24, 2.45) is 0 Å². The maximum atomic E-state index is 11.6. The first kappa shape index (κ1) is 12.3. The molecule has 1 fully saturated rings. The van der Waals surface area contributed by atoms with Gasteiger partial charge in [0.15, 0.2) is 0 Å². The first-order valence-electron chi connectivity index (χ1n) is 5.97. The Morgan fingerprint density at radius 3 is 2.39 bits per heavy atom. The average molecular weight is 249 g/mol. The van der Waals surface area contributed by atoms with E-state index in [9.17, 15) is 14.9 Å². The molecule has 0 aliphatic heterocycles. The van der Waals surface area contributed by atoms with Gasteiger partial charge in [-0.15, -0.1) is 0 Å². The summed E-state index contributed by atoms with van der Waals surface area (Å²) in [5.74, 6) is 0. The molecule has 0 bridgehead atoms. The Balaban J connectivity index is 1.88. The Kier molecular flexibility index (Phi) is 3.76. The number of non-ortho nitro benzene ring substituents is 1. The number of hydrogen-bond donors (Lipinski definition) is 2. The van der Waals surface area contributed by atoms with Crippen molar-refractivity contribution < 1.29 is 9.72 Å². The van der Waals surface area contributed by atoms with E-state index in [1.807, 2.05) is 0 Å². The van der Waals surface area contributed by atoms with Crippen LogP contribution < -0.4 is 10.6 Å². The lowest BCUT2D eigenvalue weighted by Crippen LogP contribution is -2.36. The van der Waals surface area contributed by atoms with Crippen LogP contribution in [0.4, 0.5) is 16.2 Å². The van der Waals surface area contributed by atoms with E-state index in [-0.39, 0.29) is 17.8 Å². The van der Waals surface area contributed by atoms with Crippen molar-refractivity contribution >= 4 is 17.4 Å². The molecule has 6 heteroatoms. The van der Waals surface area contributed by atoms with E-state index >= 15 is 0 Å². The molecule has 2 N–H and O–H groups in total. The Bertz CT molecular complexity index is 438. The van der Waals surface area contributed by atoms with Crippen molar-refractivity contribution in [1.29, 1.82) is 0 Å². The molecule has 1 saturated carbocycles. The third-order valence-electron chi connectivity index (χ3n) is 3.03. The van der Waals surface area contributed by atoms with Crippen LogP contribution in [0.1, 0.15) is 25.7 Å². The highest BCUT2D eigenvalue weighted by Gasteiger charge is 2.17. The number of hydrogen-bond acceptors (Lipinski definition) is 3. The van der Waals surface area contributed by atoms with Gasteiger partial charge in [0.05, 0.1) is 4.92 Å². The van der Waals surface area contributed by atoms with E-state index in [2.05, 4.69) is 10.6 Å². The summed E-state index contributed by atoms with van der Waals surface area (Å²) in [6, 6.07) is 5.77. The minimum Gasteiger partial charge on any atom is -0.335 e. The zero-order valence-electron chi connectivity index (χ0n) is 9.89. The number of nitro groups is 1. The molecule has 0 saturated heterocycles. The second-order valence-corrected chi connectivity index (χ2v) is 4.38. The monoisotopic (exact) mass is 249 g/mol. The van der Waals surface area contributed by atoms with E-state index in [1.165, 1.54) is 24.3 Å². The minimum absolute atomic E-state index is 0.0109. The molecule has 18 heavy (non-hydrogen) atoms. The van der Waals surface area contributed by atoms with Gasteiger partial charge in [-0.2, -0.15) is 0 Å². The maximum Gasteiger partial charge on any atom is 0.319 e. The Morgan fingerprint density at radius 1 is 1.22 bits per heavy atom. The van der Waals surface area contributed by atoms with Gasteiger partial charge >= 0.3 is 6.03 Å². The van der Waals surface area contributed by atoms with Gasteiger partial charge in [-0.3, -0.25) is 10.1 Å². The van der Waals surface area contributed by atoms with Gasteiger partial charge in [-0.25, -0.2) is 4.79 Å². The third-order valence-corrected chi connectivity index (χ3v) is 3.03. The van der Waals surface area contributed by atoms with Crippen LogP contribution in [0.15, 0.2) is 24.3 Å². The fourth-order valence-corrected chi connectivity index (χ4v) is 2.09. The summed E-state index contributed by atoms with van der Waals surface area (Å²) in [4.78, 5) is 21.6. The van der Waals surface area contributed by atoms with Gasteiger partial charge < -0.3 is 10.6 Å². The lowest BCUT2D eigenvalue weighted by molar-refractivity contribution is -0.384. The van der Waals surface area contributed by atoms with E-state index in [0.717, 1.165) is 25.7 Å². The fraction of sp³-hybridized carbons (Fsp3) is 0.417. The number of carbonyl (C=O) groups excluding carboxylic acids is 1. The van der Waals surface area contributed by atoms with Gasteiger partial charge in [0, 0.05) is 23.9 Å². The third kappa shape index (κ3) is 3.19. The Labute approximate surface area is 105 Å².